The number of rotatable bonds is 2. The van der Waals surface area contributed by atoms with Crippen molar-refractivity contribution < 1.29 is 22.4 Å². The van der Waals surface area contributed by atoms with Crippen molar-refractivity contribution in [2.24, 2.45) is 0 Å². The molecule has 7 heteroatoms. The van der Waals surface area contributed by atoms with Gasteiger partial charge in [-0.3, -0.25) is 9.78 Å². The number of hydrogen-bond donors (Lipinski definition) is 0. The first-order chi connectivity index (χ1) is 11.4. The van der Waals surface area contributed by atoms with E-state index in [0.717, 1.165) is 11.6 Å². The molecule has 0 saturated carbocycles. The van der Waals surface area contributed by atoms with Gasteiger partial charge in [0.2, 0.25) is 0 Å². The maximum absolute atomic E-state index is 13.0. The van der Waals surface area contributed by atoms with Gasteiger partial charge in [-0.1, -0.05) is 12.1 Å². The molecule has 0 radical (unpaired) electrons. The molecule has 0 aliphatic carbocycles. The van der Waals surface area contributed by atoms with Gasteiger partial charge in [0.15, 0.2) is 0 Å². The van der Waals surface area contributed by atoms with Crippen molar-refractivity contribution in [1.82, 2.24) is 9.88 Å². The van der Waals surface area contributed by atoms with Gasteiger partial charge in [-0.25, -0.2) is 4.39 Å². The van der Waals surface area contributed by atoms with Crippen LogP contribution in [0.5, 0.6) is 0 Å². The van der Waals surface area contributed by atoms with Crippen molar-refractivity contribution in [1.29, 1.82) is 0 Å². The smallest absolute Gasteiger partial charge is 0.338 e. The monoisotopic (exact) mass is 338 g/mol. The third-order valence-electron chi connectivity index (χ3n) is 4.17. The average molecular weight is 338 g/mol. The number of likely N-dealkylation sites (tertiary alicyclic amines) is 1. The molecular weight excluding hydrogens is 324 g/mol. The molecule has 1 atom stereocenters. The number of pyridine rings is 1. The van der Waals surface area contributed by atoms with Gasteiger partial charge in [-0.05, 0) is 30.2 Å². The molecule has 1 saturated heterocycles. The highest BCUT2D eigenvalue weighted by Gasteiger charge is 2.37. The largest absolute Gasteiger partial charge is 0.418 e. The van der Waals surface area contributed by atoms with Crippen molar-refractivity contribution in [2.75, 3.05) is 13.1 Å². The molecule has 0 N–H and O–H groups in total. The van der Waals surface area contributed by atoms with E-state index in [0.29, 0.717) is 25.7 Å². The first-order valence-electron chi connectivity index (χ1n) is 7.42. The summed E-state index contributed by atoms with van der Waals surface area (Å²) in [7, 11) is 0. The summed E-state index contributed by atoms with van der Waals surface area (Å²) in [6.07, 6.45) is -2.16. The van der Waals surface area contributed by atoms with E-state index in [1.165, 1.54) is 23.2 Å². The summed E-state index contributed by atoms with van der Waals surface area (Å²) in [6, 6.07) is 7.05. The van der Waals surface area contributed by atoms with E-state index in [-0.39, 0.29) is 11.7 Å². The number of aromatic nitrogens is 1. The Hall–Kier alpha value is -2.44. The lowest BCUT2D eigenvalue weighted by molar-refractivity contribution is -0.138. The van der Waals surface area contributed by atoms with Gasteiger partial charge in [0.25, 0.3) is 5.91 Å². The maximum atomic E-state index is 13.0. The normalized spacial score (nSPS) is 18.0. The highest BCUT2D eigenvalue weighted by atomic mass is 19.4. The van der Waals surface area contributed by atoms with Crippen molar-refractivity contribution in [3.63, 3.8) is 0 Å². The molecule has 1 amide bonds. The zero-order valence-electron chi connectivity index (χ0n) is 12.6. The van der Waals surface area contributed by atoms with E-state index in [2.05, 4.69) is 4.98 Å². The highest BCUT2D eigenvalue weighted by molar-refractivity contribution is 5.96. The Labute approximate surface area is 135 Å². The van der Waals surface area contributed by atoms with Crippen molar-refractivity contribution >= 4 is 5.91 Å². The molecule has 126 valence electrons. The van der Waals surface area contributed by atoms with Gasteiger partial charge >= 0.3 is 6.18 Å². The third-order valence-corrected chi connectivity index (χ3v) is 4.17. The van der Waals surface area contributed by atoms with E-state index in [1.807, 2.05) is 0 Å². The fourth-order valence-corrected chi connectivity index (χ4v) is 2.93. The van der Waals surface area contributed by atoms with Crippen LogP contribution in [-0.4, -0.2) is 28.9 Å². The Bertz CT molecular complexity index is 743. The van der Waals surface area contributed by atoms with Crippen LogP contribution in [0.3, 0.4) is 0 Å². The van der Waals surface area contributed by atoms with Crippen LogP contribution in [0, 0.1) is 5.82 Å². The molecule has 0 bridgehead atoms. The number of nitrogens with zero attached hydrogens (tertiary/aromatic N) is 2. The van der Waals surface area contributed by atoms with E-state index >= 15 is 0 Å². The first kappa shape index (κ1) is 16.4. The number of carbonyl (C=O) groups is 1. The molecule has 2 aromatic rings. The third kappa shape index (κ3) is 3.25. The van der Waals surface area contributed by atoms with Crippen LogP contribution >= 0.6 is 0 Å². The van der Waals surface area contributed by atoms with Gasteiger partial charge < -0.3 is 4.90 Å². The number of carbonyl (C=O) groups excluding carboxylic acids is 1. The van der Waals surface area contributed by atoms with Crippen molar-refractivity contribution in [2.45, 2.75) is 18.5 Å². The van der Waals surface area contributed by atoms with Crippen LogP contribution < -0.4 is 0 Å². The Balaban J connectivity index is 1.79. The Morgan fingerprint density at radius 3 is 2.54 bits per heavy atom. The molecule has 2 heterocycles. The van der Waals surface area contributed by atoms with Crippen LogP contribution in [0.4, 0.5) is 17.6 Å². The number of benzene rings is 1. The van der Waals surface area contributed by atoms with Crippen LogP contribution in [0.2, 0.25) is 0 Å². The second-order valence-corrected chi connectivity index (χ2v) is 5.71. The molecule has 0 spiro atoms. The van der Waals surface area contributed by atoms with Crippen LogP contribution in [0.15, 0.2) is 42.7 Å². The predicted octanol–water partition coefficient (Wildman–Crippen LogP) is 3.87. The molecule has 1 aliphatic rings. The van der Waals surface area contributed by atoms with Crippen LogP contribution in [0.1, 0.15) is 33.8 Å². The molecular formula is C17H14F4N2O. The van der Waals surface area contributed by atoms with Gasteiger partial charge in [0.05, 0.1) is 11.1 Å². The standard InChI is InChI=1S/C17H14F4N2O/c18-13-3-1-11(2-4-13)12-6-8-23(10-12)16(24)14-5-7-22-9-15(14)17(19,20)21/h1-5,7,9,12H,6,8,10H2/t12-/m0/s1. The minimum absolute atomic E-state index is 0.00859. The van der Waals surface area contributed by atoms with E-state index < -0.39 is 23.2 Å². The van der Waals surface area contributed by atoms with Crippen LogP contribution in [0.25, 0.3) is 0 Å². The number of halogens is 4. The summed E-state index contributed by atoms with van der Waals surface area (Å²) >= 11 is 0. The zero-order chi connectivity index (χ0) is 17.3. The fourth-order valence-electron chi connectivity index (χ4n) is 2.93. The Morgan fingerprint density at radius 1 is 1.17 bits per heavy atom. The SMILES string of the molecule is O=C(c1ccncc1C(F)(F)F)N1CC[C@H](c2ccc(F)cc2)C1. The topological polar surface area (TPSA) is 33.2 Å². The lowest BCUT2D eigenvalue weighted by atomic mass is 9.98. The van der Waals surface area contributed by atoms with E-state index in [4.69, 9.17) is 0 Å². The molecule has 3 nitrogen and oxygen atoms in total. The van der Waals surface area contributed by atoms with Crippen LogP contribution in [-0.2, 0) is 6.18 Å². The lowest BCUT2D eigenvalue weighted by Crippen LogP contribution is -2.30. The summed E-state index contributed by atoms with van der Waals surface area (Å²) in [5.41, 5.74) is -0.546. The molecule has 1 aromatic carbocycles. The van der Waals surface area contributed by atoms with E-state index in [1.54, 1.807) is 12.1 Å². The Kier molecular flexibility index (Phi) is 4.26. The summed E-state index contributed by atoms with van der Waals surface area (Å²) in [6.45, 7) is 0.671. The molecule has 1 aliphatic heterocycles. The zero-order valence-corrected chi connectivity index (χ0v) is 12.6. The number of hydrogen-bond acceptors (Lipinski definition) is 2. The van der Waals surface area contributed by atoms with Gasteiger partial charge in [0, 0.05) is 31.4 Å². The molecule has 1 aromatic heterocycles. The van der Waals surface area contributed by atoms with Crippen molar-refractivity contribution in [3.05, 3.63) is 65.2 Å². The predicted molar refractivity (Wildman–Crippen MR) is 78.9 cm³/mol. The summed E-state index contributed by atoms with van der Waals surface area (Å²) in [4.78, 5) is 17.4. The summed E-state index contributed by atoms with van der Waals surface area (Å²) in [5, 5.41) is 0. The number of alkyl halides is 3. The van der Waals surface area contributed by atoms with Crippen molar-refractivity contribution in [3.8, 4) is 0 Å². The molecule has 0 unspecified atom stereocenters. The fraction of sp³-hybridized carbons (Fsp3) is 0.294. The van der Waals surface area contributed by atoms with Gasteiger partial charge in [0.1, 0.15) is 5.82 Å². The highest BCUT2D eigenvalue weighted by Crippen LogP contribution is 2.33. The summed E-state index contributed by atoms with van der Waals surface area (Å²) < 4.78 is 52.1. The molecule has 1 fully saturated rings. The minimum Gasteiger partial charge on any atom is -0.338 e. The van der Waals surface area contributed by atoms with Gasteiger partial charge in [-0.2, -0.15) is 13.2 Å². The molecule has 3 rings (SSSR count). The number of amides is 1. The maximum Gasteiger partial charge on any atom is 0.418 e. The summed E-state index contributed by atoms with van der Waals surface area (Å²) in [5.74, 6) is -1.02. The lowest BCUT2D eigenvalue weighted by Gasteiger charge is -2.19. The minimum atomic E-state index is -4.63. The average Bonchev–Trinajstić information content (AvgIpc) is 3.04. The Morgan fingerprint density at radius 2 is 1.88 bits per heavy atom. The second-order valence-electron chi connectivity index (χ2n) is 5.71. The quantitative estimate of drug-likeness (QED) is 0.779. The second kappa shape index (κ2) is 6.22. The molecule has 24 heavy (non-hydrogen) atoms. The first-order valence-corrected chi connectivity index (χ1v) is 7.42. The van der Waals surface area contributed by atoms with E-state index in [9.17, 15) is 22.4 Å². The van der Waals surface area contributed by atoms with Gasteiger partial charge in [-0.15, -0.1) is 0 Å².